The summed E-state index contributed by atoms with van der Waals surface area (Å²) in [6, 6.07) is 40.3. The molecular formula is C36H20OS2. The fourth-order valence-corrected chi connectivity index (χ4v) is 7.41. The van der Waals surface area contributed by atoms with Crippen molar-refractivity contribution >= 4 is 87.7 Å². The molecule has 0 saturated heterocycles. The highest BCUT2D eigenvalue weighted by Gasteiger charge is 2.12. The molecule has 9 rings (SSSR count). The Morgan fingerprint density at radius 1 is 0.385 bits per heavy atom. The van der Waals surface area contributed by atoms with E-state index in [4.69, 9.17) is 4.42 Å². The van der Waals surface area contributed by atoms with Crippen LogP contribution in [0.2, 0.25) is 0 Å². The fourth-order valence-electron chi connectivity index (χ4n) is 5.96. The van der Waals surface area contributed by atoms with Gasteiger partial charge in [-0.15, -0.1) is 22.7 Å². The summed E-state index contributed by atoms with van der Waals surface area (Å²) in [5, 5.41) is 16.5. The molecule has 0 bridgehead atoms. The molecular weight excluding hydrogens is 513 g/mol. The molecule has 0 atom stereocenters. The summed E-state index contributed by atoms with van der Waals surface area (Å²) in [5.41, 5.74) is 4.41. The number of fused-ring (bicyclic) bond motifs is 7. The van der Waals surface area contributed by atoms with Crippen LogP contribution in [-0.2, 0) is 0 Å². The number of hydrogen-bond donors (Lipinski definition) is 0. The summed E-state index contributed by atoms with van der Waals surface area (Å²) >= 11 is 3.56. The van der Waals surface area contributed by atoms with Gasteiger partial charge >= 0.3 is 0 Å². The van der Waals surface area contributed by atoms with Crippen molar-refractivity contribution in [1.29, 1.82) is 0 Å². The first-order valence-corrected chi connectivity index (χ1v) is 14.8. The first kappa shape index (κ1) is 21.5. The smallest absolute Gasteiger partial charge is 0.136 e. The van der Waals surface area contributed by atoms with Gasteiger partial charge in [0.15, 0.2) is 0 Å². The topological polar surface area (TPSA) is 13.1 Å². The van der Waals surface area contributed by atoms with Gasteiger partial charge in [-0.1, -0.05) is 36.4 Å². The average molecular weight is 533 g/mol. The van der Waals surface area contributed by atoms with Crippen LogP contribution in [0.1, 0.15) is 0 Å². The Morgan fingerprint density at radius 2 is 0.821 bits per heavy atom. The quantitative estimate of drug-likeness (QED) is 0.202. The molecule has 0 aliphatic carbocycles. The summed E-state index contributed by atoms with van der Waals surface area (Å²) in [5.74, 6) is 0. The first-order valence-electron chi connectivity index (χ1n) is 13.0. The number of hydrogen-bond acceptors (Lipinski definition) is 3. The molecule has 0 spiro atoms. The summed E-state index contributed by atoms with van der Waals surface area (Å²) in [6.07, 6.45) is 0. The lowest BCUT2D eigenvalue weighted by molar-refractivity contribution is 0.670. The summed E-state index contributed by atoms with van der Waals surface area (Å²) in [6.45, 7) is 0. The van der Waals surface area contributed by atoms with Gasteiger partial charge in [-0.2, -0.15) is 0 Å². The summed E-state index contributed by atoms with van der Waals surface area (Å²) < 4.78 is 6.46. The van der Waals surface area contributed by atoms with Crippen molar-refractivity contribution in [3.05, 3.63) is 120 Å². The monoisotopic (exact) mass is 532 g/mol. The number of furan rings is 1. The normalized spacial score (nSPS) is 12.1. The van der Waals surface area contributed by atoms with Crippen LogP contribution in [0.15, 0.2) is 124 Å². The van der Waals surface area contributed by atoms with Gasteiger partial charge in [-0.3, -0.25) is 0 Å². The molecule has 0 aliphatic heterocycles. The van der Waals surface area contributed by atoms with Gasteiger partial charge < -0.3 is 4.42 Å². The molecule has 0 aliphatic rings. The zero-order valence-corrected chi connectivity index (χ0v) is 22.4. The molecule has 0 unspecified atom stereocenters. The zero-order chi connectivity index (χ0) is 25.5. The second kappa shape index (κ2) is 8.03. The van der Waals surface area contributed by atoms with Crippen LogP contribution in [0.5, 0.6) is 0 Å². The Morgan fingerprint density at radius 3 is 1.28 bits per heavy atom. The van der Waals surface area contributed by atoms with Crippen LogP contribution >= 0.6 is 22.7 Å². The second-order valence-electron chi connectivity index (χ2n) is 10.3. The van der Waals surface area contributed by atoms with Crippen molar-refractivity contribution < 1.29 is 4.42 Å². The molecule has 0 saturated carbocycles. The molecule has 0 amide bonds. The van der Waals surface area contributed by atoms with E-state index >= 15 is 0 Å². The Labute approximate surface area is 232 Å². The third kappa shape index (κ3) is 3.37. The van der Waals surface area contributed by atoms with E-state index in [-0.39, 0.29) is 0 Å². The van der Waals surface area contributed by atoms with E-state index in [1.54, 1.807) is 22.7 Å². The predicted octanol–water partition coefficient (Wildman–Crippen LogP) is 11.7. The molecule has 39 heavy (non-hydrogen) atoms. The lowest BCUT2D eigenvalue weighted by Gasteiger charge is -2.06. The van der Waals surface area contributed by atoms with Crippen molar-refractivity contribution in [3.63, 3.8) is 0 Å². The third-order valence-electron chi connectivity index (χ3n) is 7.91. The molecule has 3 aromatic heterocycles. The number of benzene rings is 6. The van der Waals surface area contributed by atoms with Gasteiger partial charge in [0.25, 0.3) is 0 Å². The molecule has 3 heteroatoms. The maximum Gasteiger partial charge on any atom is 0.136 e. The minimum absolute atomic E-state index is 0.936. The van der Waals surface area contributed by atoms with Crippen LogP contribution in [0.3, 0.4) is 0 Å². The number of rotatable bonds is 2. The minimum atomic E-state index is 0.936. The van der Waals surface area contributed by atoms with Gasteiger partial charge in [-0.05, 0) is 138 Å². The van der Waals surface area contributed by atoms with E-state index in [0.29, 0.717) is 0 Å². The average Bonchev–Trinajstić information content (AvgIpc) is 3.74. The van der Waals surface area contributed by atoms with Crippen LogP contribution in [0.25, 0.3) is 85.9 Å². The maximum absolute atomic E-state index is 6.46. The van der Waals surface area contributed by atoms with Gasteiger partial charge in [0.1, 0.15) is 11.2 Å². The van der Waals surface area contributed by atoms with Crippen LogP contribution in [-0.4, -0.2) is 0 Å². The van der Waals surface area contributed by atoms with Crippen LogP contribution in [0, 0.1) is 0 Å². The van der Waals surface area contributed by atoms with Gasteiger partial charge in [0, 0.05) is 20.5 Å². The first-order chi connectivity index (χ1) is 19.2. The molecule has 6 aromatic carbocycles. The Bertz CT molecular complexity index is 2200. The molecule has 3 heterocycles. The minimum Gasteiger partial charge on any atom is -0.456 e. The van der Waals surface area contributed by atoms with Crippen LogP contribution < -0.4 is 0 Å². The second-order valence-corrected chi connectivity index (χ2v) is 12.2. The molecule has 9 aromatic rings. The van der Waals surface area contributed by atoms with Crippen molar-refractivity contribution in [2.24, 2.45) is 0 Å². The highest BCUT2D eigenvalue weighted by molar-refractivity contribution is 7.13. The zero-order valence-electron chi connectivity index (χ0n) is 20.8. The molecule has 182 valence electrons. The van der Waals surface area contributed by atoms with Crippen molar-refractivity contribution in [3.8, 4) is 20.9 Å². The largest absolute Gasteiger partial charge is 0.456 e. The summed E-state index contributed by atoms with van der Waals surface area (Å²) in [4.78, 5) is 2.60. The Kier molecular flexibility index (Phi) is 4.43. The highest BCUT2D eigenvalue weighted by atomic mass is 32.1. The molecule has 1 nitrogen and oxygen atoms in total. The van der Waals surface area contributed by atoms with Crippen molar-refractivity contribution in [2.45, 2.75) is 0 Å². The lowest BCUT2D eigenvalue weighted by atomic mass is 9.98. The third-order valence-corrected chi connectivity index (χ3v) is 9.75. The van der Waals surface area contributed by atoms with E-state index in [2.05, 4.69) is 120 Å². The van der Waals surface area contributed by atoms with E-state index in [1.807, 2.05) is 0 Å². The molecule has 0 N–H and O–H groups in total. The van der Waals surface area contributed by atoms with E-state index in [9.17, 15) is 0 Å². The van der Waals surface area contributed by atoms with Gasteiger partial charge in [-0.25, -0.2) is 0 Å². The van der Waals surface area contributed by atoms with E-state index < -0.39 is 0 Å². The highest BCUT2D eigenvalue weighted by Crippen LogP contribution is 2.38. The lowest BCUT2D eigenvalue weighted by Crippen LogP contribution is -1.80. The van der Waals surface area contributed by atoms with E-state index in [1.165, 1.54) is 74.7 Å². The van der Waals surface area contributed by atoms with Crippen molar-refractivity contribution in [1.82, 2.24) is 0 Å². The fraction of sp³-hybridized carbons (Fsp3) is 0. The Hall–Kier alpha value is -4.44. The van der Waals surface area contributed by atoms with E-state index in [0.717, 1.165) is 11.2 Å². The maximum atomic E-state index is 6.46. The predicted molar refractivity (Wildman–Crippen MR) is 170 cm³/mol. The van der Waals surface area contributed by atoms with Gasteiger partial charge in [0.05, 0.1) is 0 Å². The standard InChI is InChI=1S/C36H20OS2/c1-3-35(38-9-1)23-7-5-21-11-27-17-31-32-18-28-12-22-6-8-24(36-4-2-10-39-36)14-26(22)16-30(28)20-34(32)37-33(31)19-29(27)15-25(21)13-23/h1-20H. The Balaban J connectivity index is 1.23. The number of thiophene rings is 2. The molecule has 0 radical (unpaired) electrons. The van der Waals surface area contributed by atoms with Crippen LogP contribution in [0.4, 0.5) is 0 Å². The van der Waals surface area contributed by atoms with Gasteiger partial charge in [0.2, 0.25) is 0 Å². The van der Waals surface area contributed by atoms with Crippen molar-refractivity contribution in [2.75, 3.05) is 0 Å². The SMILES string of the molecule is c1csc(-c2ccc3cc4cc5c(cc4cc3c2)oc2cc3cc4cc(-c6cccs6)ccc4cc3cc25)c1. The molecule has 0 fully saturated rings. The summed E-state index contributed by atoms with van der Waals surface area (Å²) in [7, 11) is 0.